The van der Waals surface area contributed by atoms with Gasteiger partial charge in [-0.1, -0.05) is 32.4 Å². The number of benzene rings is 1. The van der Waals surface area contributed by atoms with E-state index in [1.54, 1.807) is 0 Å². The van der Waals surface area contributed by atoms with Gasteiger partial charge >= 0.3 is 0 Å². The molecule has 1 aliphatic carbocycles. The molecule has 1 N–H and O–H groups in total. The number of anilines is 1. The van der Waals surface area contributed by atoms with Gasteiger partial charge in [0.1, 0.15) is 5.75 Å². The van der Waals surface area contributed by atoms with Gasteiger partial charge in [0.15, 0.2) is 0 Å². The van der Waals surface area contributed by atoms with Crippen molar-refractivity contribution >= 4 is 5.69 Å². The molecular weight excluding hydrogens is 234 g/mol. The summed E-state index contributed by atoms with van der Waals surface area (Å²) in [7, 11) is 0. The van der Waals surface area contributed by atoms with Gasteiger partial charge in [0, 0.05) is 6.04 Å². The molecule has 19 heavy (non-hydrogen) atoms. The van der Waals surface area contributed by atoms with E-state index in [9.17, 15) is 0 Å². The molecule has 2 rings (SSSR count). The molecular formula is C17H27NO. The molecule has 0 aromatic heterocycles. The molecule has 2 nitrogen and oxygen atoms in total. The number of para-hydroxylation sites is 2. The second-order valence-corrected chi connectivity index (χ2v) is 6.31. The van der Waals surface area contributed by atoms with Crippen LogP contribution in [0, 0.1) is 11.8 Å². The Hall–Kier alpha value is -1.18. The zero-order valence-electron chi connectivity index (χ0n) is 12.6. The van der Waals surface area contributed by atoms with Crippen molar-refractivity contribution in [3.8, 4) is 5.75 Å². The number of ether oxygens (including phenoxy) is 1. The van der Waals surface area contributed by atoms with Gasteiger partial charge in [-0.25, -0.2) is 0 Å². The Morgan fingerprint density at radius 3 is 2.63 bits per heavy atom. The van der Waals surface area contributed by atoms with Crippen LogP contribution in [0.25, 0.3) is 0 Å². The van der Waals surface area contributed by atoms with Crippen molar-refractivity contribution in [2.75, 3.05) is 5.32 Å². The molecule has 2 heteroatoms. The normalized spacial score (nSPS) is 27.3. The average Bonchev–Trinajstić information content (AvgIpc) is 2.35. The van der Waals surface area contributed by atoms with Crippen LogP contribution in [0.1, 0.15) is 47.0 Å². The Kier molecular flexibility index (Phi) is 4.73. The predicted octanol–water partition coefficient (Wildman–Crippen LogP) is 4.71. The first-order valence-electron chi connectivity index (χ1n) is 7.58. The van der Waals surface area contributed by atoms with Crippen LogP contribution in [0.2, 0.25) is 0 Å². The van der Waals surface area contributed by atoms with Gasteiger partial charge in [-0.2, -0.15) is 0 Å². The Labute approximate surface area is 117 Å². The summed E-state index contributed by atoms with van der Waals surface area (Å²) in [5.41, 5.74) is 1.14. The maximum atomic E-state index is 5.89. The summed E-state index contributed by atoms with van der Waals surface area (Å²) < 4.78 is 5.89. The van der Waals surface area contributed by atoms with Gasteiger partial charge in [0.05, 0.1) is 11.8 Å². The number of hydrogen-bond donors (Lipinski definition) is 1. The summed E-state index contributed by atoms with van der Waals surface area (Å²) in [5.74, 6) is 2.54. The van der Waals surface area contributed by atoms with Crippen molar-refractivity contribution in [1.82, 2.24) is 0 Å². The standard InChI is InChI=1S/C17H27NO/c1-12(2)19-17-8-6-5-7-15(17)18-16-11-13(3)9-10-14(16)4/h5-8,12-14,16,18H,9-11H2,1-4H3. The van der Waals surface area contributed by atoms with E-state index in [2.05, 4.69) is 51.2 Å². The largest absolute Gasteiger partial charge is 0.489 e. The number of nitrogens with one attached hydrogen (secondary N) is 1. The first-order chi connectivity index (χ1) is 9.06. The zero-order valence-corrected chi connectivity index (χ0v) is 12.6. The van der Waals surface area contributed by atoms with Crippen molar-refractivity contribution in [3.63, 3.8) is 0 Å². The van der Waals surface area contributed by atoms with E-state index in [4.69, 9.17) is 4.74 Å². The lowest BCUT2D eigenvalue weighted by atomic mass is 9.80. The number of hydrogen-bond acceptors (Lipinski definition) is 2. The van der Waals surface area contributed by atoms with Gasteiger partial charge < -0.3 is 10.1 Å². The van der Waals surface area contributed by atoms with Crippen LogP contribution in [-0.4, -0.2) is 12.1 Å². The molecule has 106 valence electrons. The first kappa shape index (κ1) is 14.2. The summed E-state index contributed by atoms with van der Waals surface area (Å²) in [6.45, 7) is 8.86. The molecule has 3 atom stereocenters. The Morgan fingerprint density at radius 1 is 1.16 bits per heavy atom. The van der Waals surface area contributed by atoms with Gasteiger partial charge in [0.25, 0.3) is 0 Å². The quantitative estimate of drug-likeness (QED) is 0.847. The van der Waals surface area contributed by atoms with Crippen molar-refractivity contribution in [2.45, 2.75) is 59.1 Å². The van der Waals surface area contributed by atoms with Gasteiger partial charge in [-0.05, 0) is 50.7 Å². The maximum absolute atomic E-state index is 5.89. The minimum atomic E-state index is 0.214. The van der Waals surface area contributed by atoms with Crippen LogP contribution in [0.15, 0.2) is 24.3 Å². The van der Waals surface area contributed by atoms with E-state index in [-0.39, 0.29) is 6.10 Å². The second-order valence-electron chi connectivity index (χ2n) is 6.31. The summed E-state index contributed by atoms with van der Waals surface area (Å²) >= 11 is 0. The summed E-state index contributed by atoms with van der Waals surface area (Å²) in [4.78, 5) is 0. The molecule has 1 aliphatic rings. The highest BCUT2D eigenvalue weighted by Crippen LogP contribution is 2.33. The van der Waals surface area contributed by atoms with Crippen LogP contribution >= 0.6 is 0 Å². The molecule has 3 unspecified atom stereocenters. The van der Waals surface area contributed by atoms with Gasteiger partial charge in [-0.15, -0.1) is 0 Å². The molecule has 0 radical (unpaired) electrons. The van der Waals surface area contributed by atoms with Crippen molar-refractivity contribution in [3.05, 3.63) is 24.3 Å². The monoisotopic (exact) mass is 261 g/mol. The molecule has 0 aliphatic heterocycles. The maximum Gasteiger partial charge on any atom is 0.142 e. The van der Waals surface area contributed by atoms with E-state index in [1.165, 1.54) is 19.3 Å². The highest BCUT2D eigenvalue weighted by Gasteiger charge is 2.25. The third-order valence-corrected chi connectivity index (χ3v) is 4.05. The van der Waals surface area contributed by atoms with E-state index >= 15 is 0 Å². The van der Waals surface area contributed by atoms with E-state index in [1.807, 2.05) is 6.07 Å². The van der Waals surface area contributed by atoms with Crippen molar-refractivity contribution < 1.29 is 4.74 Å². The van der Waals surface area contributed by atoms with Crippen molar-refractivity contribution in [2.24, 2.45) is 11.8 Å². The first-order valence-corrected chi connectivity index (χ1v) is 7.58. The third kappa shape index (κ3) is 3.89. The molecule has 1 fully saturated rings. The fraction of sp³-hybridized carbons (Fsp3) is 0.647. The van der Waals surface area contributed by atoms with E-state index in [0.29, 0.717) is 6.04 Å². The average molecular weight is 261 g/mol. The smallest absolute Gasteiger partial charge is 0.142 e. The molecule has 0 spiro atoms. The lowest BCUT2D eigenvalue weighted by molar-refractivity contribution is 0.241. The van der Waals surface area contributed by atoms with Crippen LogP contribution in [-0.2, 0) is 0 Å². The topological polar surface area (TPSA) is 21.3 Å². The summed E-state index contributed by atoms with van der Waals surface area (Å²) in [6.07, 6.45) is 4.16. The molecule has 0 amide bonds. The lowest BCUT2D eigenvalue weighted by Crippen LogP contribution is -2.33. The second kappa shape index (κ2) is 6.31. The lowest BCUT2D eigenvalue weighted by Gasteiger charge is -2.34. The van der Waals surface area contributed by atoms with Crippen LogP contribution in [0.4, 0.5) is 5.69 Å². The minimum Gasteiger partial charge on any atom is -0.489 e. The molecule has 1 saturated carbocycles. The van der Waals surface area contributed by atoms with E-state index in [0.717, 1.165) is 23.3 Å². The minimum absolute atomic E-state index is 0.214. The van der Waals surface area contributed by atoms with Gasteiger partial charge in [-0.3, -0.25) is 0 Å². The Morgan fingerprint density at radius 2 is 1.89 bits per heavy atom. The highest BCUT2D eigenvalue weighted by molar-refractivity contribution is 5.57. The fourth-order valence-corrected chi connectivity index (χ4v) is 2.88. The number of rotatable bonds is 4. The third-order valence-electron chi connectivity index (χ3n) is 4.05. The van der Waals surface area contributed by atoms with Crippen LogP contribution in [0.5, 0.6) is 5.75 Å². The van der Waals surface area contributed by atoms with E-state index < -0.39 is 0 Å². The Bertz CT molecular complexity index is 402. The van der Waals surface area contributed by atoms with Crippen molar-refractivity contribution in [1.29, 1.82) is 0 Å². The van der Waals surface area contributed by atoms with Gasteiger partial charge in [0.2, 0.25) is 0 Å². The van der Waals surface area contributed by atoms with Crippen LogP contribution in [0.3, 0.4) is 0 Å². The summed E-state index contributed by atoms with van der Waals surface area (Å²) in [6, 6.07) is 8.87. The molecule has 0 saturated heterocycles. The molecule has 0 bridgehead atoms. The molecule has 0 heterocycles. The zero-order chi connectivity index (χ0) is 13.8. The highest BCUT2D eigenvalue weighted by atomic mass is 16.5. The molecule has 1 aromatic rings. The SMILES string of the molecule is CC1CCC(C)C(Nc2ccccc2OC(C)C)C1. The molecule has 1 aromatic carbocycles. The predicted molar refractivity (Wildman–Crippen MR) is 81.8 cm³/mol. The fourth-order valence-electron chi connectivity index (χ4n) is 2.88. The summed E-state index contributed by atoms with van der Waals surface area (Å²) in [5, 5.41) is 3.71. The van der Waals surface area contributed by atoms with Crippen LogP contribution < -0.4 is 10.1 Å². The Balaban J connectivity index is 2.09.